The second-order valence-corrected chi connectivity index (χ2v) is 6.85. The van der Waals surface area contributed by atoms with Crippen molar-refractivity contribution in [2.45, 2.75) is 19.9 Å². The Morgan fingerprint density at radius 3 is 2.47 bits per heavy atom. The van der Waals surface area contributed by atoms with Gasteiger partial charge in [-0.25, -0.2) is 0 Å². The van der Waals surface area contributed by atoms with Crippen LogP contribution in [0.5, 0.6) is 5.75 Å². The summed E-state index contributed by atoms with van der Waals surface area (Å²) in [6.45, 7) is 4.31. The van der Waals surface area contributed by atoms with Gasteiger partial charge in [0.1, 0.15) is 5.75 Å². The van der Waals surface area contributed by atoms with Crippen LogP contribution in [0, 0.1) is 13.8 Å². The molecule has 0 aliphatic rings. The molecule has 19 heavy (non-hydrogen) atoms. The second kappa shape index (κ2) is 6.07. The number of nitrogens with one attached hydrogen (secondary N) is 1. The van der Waals surface area contributed by atoms with Gasteiger partial charge in [0.2, 0.25) is 0 Å². The molecule has 0 fully saturated rings. The first kappa shape index (κ1) is 14.6. The molecule has 1 heterocycles. The normalized spacial score (nSPS) is 12.5. The number of aryl methyl sites for hydroxylation is 2. The summed E-state index contributed by atoms with van der Waals surface area (Å²) in [6.07, 6.45) is 0. The van der Waals surface area contributed by atoms with Gasteiger partial charge in [0, 0.05) is 19.8 Å². The molecule has 1 unspecified atom stereocenters. The number of hydrogen-bond donors (Lipinski definition) is 1. The number of thiophene rings is 1. The Hall–Kier alpha value is -0.840. The highest BCUT2D eigenvalue weighted by Gasteiger charge is 2.20. The van der Waals surface area contributed by atoms with Gasteiger partial charge in [-0.15, -0.1) is 11.3 Å². The fourth-order valence-electron chi connectivity index (χ4n) is 2.34. The number of halogens is 1. The van der Waals surface area contributed by atoms with Crippen LogP contribution in [0.25, 0.3) is 0 Å². The van der Waals surface area contributed by atoms with Crippen LogP contribution in [0.15, 0.2) is 28.7 Å². The molecular formula is C15H18BrNOS. The predicted molar refractivity (Wildman–Crippen MR) is 85.4 cm³/mol. The van der Waals surface area contributed by atoms with Crippen molar-refractivity contribution in [1.29, 1.82) is 0 Å². The number of hydrogen-bond acceptors (Lipinski definition) is 3. The summed E-state index contributed by atoms with van der Waals surface area (Å²) in [7, 11) is 3.70. The van der Waals surface area contributed by atoms with E-state index in [4.69, 9.17) is 4.74 Å². The topological polar surface area (TPSA) is 21.3 Å². The van der Waals surface area contributed by atoms with Gasteiger partial charge in [0.05, 0.1) is 13.2 Å². The molecule has 0 saturated heterocycles. The zero-order valence-corrected chi connectivity index (χ0v) is 14.0. The highest BCUT2D eigenvalue weighted by Crippen LogP contribution is 2.35. The summed E-state index contributed by atoms with van der Waals surface area (Å²) in [4.78, 5) is 2.69. The van der Waals surface area contributed by atoms with E-state index in [1.807, 2.05) is 24.5 Å². The molecule has 0 spiro atoms. The van der Waals surface area contributed by atoms with E-state index >= 15 is 0 Å². The molecule has 102 valence electrons. The summed E-state index contributed by atoms with van der Waals surface area (Å²) in [6, 6.07) is 8.58. The van der Waals surface area contributed by atoms with Crippen molar-refractivity contribution >= 4 is 27.3 Å². The monoisotopic (exact) mass is 339 g/mol. The standard InChI is InChI=1S/C15H18BrNOS/c1-9-7-13(10(2)19-9)15(17-3)12-6-5-11(16)8-14(12)18-4/h5-8,15,17H,1-4H3. The average Bonchev–Trinajstić information content (AvgIpc) is 2.71. The van der Waals surface area contributed by atoms with Crippen molar-refractivity contribution in [3.8, 4) is 5.75 Å². The van der Waals surface area contributed by atoms with Gasteiger partial charge in [-0.2, -0.15) is 0 Å². The Labute approximate surface area is 126 Å². The number of benzene rings is 1. The lowest BCUT2D eigenvalue weighted by Gasteiger charge is -2.20. The van der Waals surface area contributed by atoms with Crippen LogP contribution in [0.2, 0.25) is 0 Å². The first-order valence-corrected chi connectivity index (χ1v) is 7.75. The van der Waals surface area contributed by atoms with Crippen molar-refractivity contribution < 1.29 is 4.74 Å². The van der Waals surface area contributed by atoms with Gasteiger partial charge in [-0.05, 0) is 44.7 Å². The lowest BCUT2D eigenvalue weighted by atomic mass is 9.98. The molecule has 0 radical (unpaired) electrons. The first-order chi connectivity index (χ1) is 9.06. The maximum Gasteiger partial charge on any atom is 0.125 e. The third-order valence-electron chi connectivity index (χ3n) is 3.19. The molecule has 4 heteroatoms. The van der Waals surface area contributed by atoms with Gasteiger partial charge in [0.25, 0.3) is 0 Å². The van der Waals surface area contributed by atoms with Crippen LogP contribution in [0.4, 0.5) is 0 Å². The summed E-state index contributed by atoms with van der Waals surface area (Å²) in [5.41, 5.74) is 2.49. The van der Waals surface area contributed by atoms with E-state index in [1.54, 1.807) is 7.11 Å². The molecule has 1 N–H and O–H groups in total. The molecule has 0 aliphatic carbocycles. The SMILES string of the molecule is CNC(c1ccc(Br)cc1OC)c1cc(C)sc1C. The van der Waals surface area contributed by atoms with E-state index in [0.717, 1.165) is 15.8 Å². The van der Waals surface area contributed by atoms with E-state index in [0.29, 0.717) is 0 Å². The number of ether oxygens (including phenoxy) is 1. The van der Waals surface area contributed by atoms with Gasteiger partial charge < -0.3 is 10.1 Å². The van der Waals surface area contributed by atoms with E-state index in [1.165, 1.54) is 15.3 Å². The van der Waals surface area contributed by atoms with Gasteiger partial charge in [0.15, 0.2) is 0 Å². The maximum atomic E-state index is 5.51. The zero-order chi connectivity index (χ0) is 14.0. The number of rotatable bonds is 4. The van der Waals surface area contributed by atoms with Gasteiger partial charge in [-0.3, -0.25) is 0 Å². The Bertz CT molecular complexity index is 580. The molecule has 1 aromatic carbocycles. The third-order valence-corrected chi connectivity index (χ3v) is 4.66. The van der Waals surface area contributed by atoms with E-state index < -0.39 is 0 Å². The van der Waals surface area contributed by atoms with E-state index in [9.17, 15) is 0 Å². The van der Waals surface area contributed by atoms with Crippen molar-refractivity contribution in [1.82, 2.24) is 5.32 Å². The zero-order valence-electron chi connectivity index (χ0n) is 11.6. The lowest BCUT2D eigenvalue weighted by molar-refractivity contribution is 0.405. The molecule has 0 amide bonds. The lowest BCUT2D eigenvalue weighted by Crippen LogP contribution is -2.18. The van der Waals surface area contributed by atoms with Crippen LogP contribution in [-0.4, -0.2) is 14.2 Å². The van der Waals surface area contributed by atoms with Crippen LogP contribution in [0.3, 0.4) is 0 Å². The molecular weight excluding hydrogens is 322 g/mol. The predicted octanol–water partition coefficient (Wildman–Crippen LogP) is 4.44. The van der Waals surface area contributed by atoms with E-state index in [2.05, 4.69) is 53.3 Å². The highest BCUT2D eigenvalue weighted by atomic mass is 79.9. The Balaban J connectivity index is 2.50. The minimum Gasteiger partial charge on any atom is -0.496 e. The van der Waals surface area contributed by atoms with Crippen LogP contribution < -0.4 is 10.1 Å². The molecule has 0 bridgehead atoms. The first-order valence-electron chi connectivity index (χ1n) is 6.14. The third kappa shape index (κ3) is 3.02. The fraction of sp³-hybridized carbons (Fsp3) is 0.333. The van der Waals surface area contributed by atoms with Gasteiger partial charge in [-0.1, -0.05) is 22.0 Å². The van der Waals surface area contributed by atoms with Crippen molar-refractivity contribution in [2.24, 2.45) is 0 Å². The Kier molecular flexibility index (Phi) is 4.66. The molecule has 1 atom stereocenters. The van der Waals surface area contributed by atoms with Crippen LogP contribution in [0.1, 0.15) is 26.9 Å². The molecule has 0 saturated carbocycles. The molecule has 0 aliphatic heterocycles. The van der Waals surface area contributed by atoms with E-state index in [-0.39, 0.29) is 6.04 Å². The Morgan fingerprint density at radius 2 is 1.95 bits per heavy atom. The highest BCUT2D eigenvalue weighted by molar-refractivity contribution is 9.10. The van der Waals surface area contributed by atoms with Crippen molar-refractivity contribution in [2.75, 3.05) is 14.2 Å². The molecule has 1 aromatic heterocycles. The van der Waals surface area contributed by atoms with Crippen molar-refractivity contribution in [3.05, 3.63) is 49.6 Å². The quantitative estimate of drug-likeness (QED) is 0.888. The molecule has 2 rings (SSSR count). The van der Waals surface area contributed by atoms with Gasteiger partial charge >= 0.3 is 0 Å². The summed E-state index contributed by atoms with van der Waals surface area (Å²) >= 11 is 5.32. The van der Waals surface area contributed by atoms with Crippen LogP contribution >= 0.6 is 27.3 Å². The number of methoxy groups -OCH3 is 1. The second-order valence-electron chi connectivity index (χ2n) is 4.48. The summed E-state index contributed by atoms with van der Waals surface area (Å²) < 4.78 is 6.54. The molecule has 2 nitrogen and oxygen atoms in total. The summed E-state index contributed by atoms with van der Waals surface area (Å²) in [5.74, 6) is 0.900. The largest absolute Gasteiger partial charge is 0.496 e. The fourth-order valence-corrected chi connectivity index (χ4v) is 3.64. The maximum absolute atomic E-state index is 5.51. The minimum absolute atomic E-state index is 0.160. The molecule has 2 aromatic rings. The minimum atomic E-state index is 0.160. The summed E-state index contributed by atoms with van der Waals surface area (Å²) in [5, 5.41) is 3.39. The Morgan fingerprint density at radius 1 is 1.21 bits per heavy atom. The van der Waals surface area contributed by atoms with Crippen molar-refractivity contribution in [3.63, 3.8) is 0 Å². The average molecular weight is 340 g/mol. The smallest absolute Gasteiger partial charge is 0.125 e. The van der Waals surface area contributed by atoms with Crippen LogP contribution in [-0.2, 0) is 0 Å².